The molecule has 0 heterocycles. The number of benzene rings is 2. The fourth-order valence-corrected chi connectivity index (χ4v) is 2.74. The molecule has 2 aromatic carbocycles. The fraction of sp³-hybridized carbons (Fsp3) is 0.200. The number of hydrogen-bond donors (Lipinski definition) is 2. The Labute approximate surface area is 137 Å². The van der Waals surface area contributed by atoms with Crippen LogP contribution in [0.4, 0.5) is 5.69 Å². The zero-order valence-corrected chi connectivity index (χ0v) is 14.1. The second kappa shape index (κ2) is 6.81. The molecule has 5 heteroatoms. The van der Waals surface area contributed by atoms with Crippen LogP contribution in [0.3, 0.4) is 0 Å². The molecule has 1 atom stereocenters. The third kappa shape index (κ3) is 3.67. The second-order valence-corrected chi connectivity index (χ2v) is 6.29. The number of rotatable bonds is 4. The lowest BCUT2D eigenvalue weighted by Gasteiger charge is -2.20. The molecule has 0 fully saturated rings. The molecular formula is C15H15BrCl2N2. The highest BCUT2D eigenvalue weighted by atomic mass is 79.9. The molecule has 0 aromatic heterocycles. The van der Waals surface area contributed by atoms with Crippen molar-refractivity contribution in [1.82, 2.24) is 0 Å². The molecule has 1 unspecified atom stereocenters. The van der Waals surface area contributed by atoms with E-state index in [1.165, 1.54) is 0 Å². The maximum Gasteiger partial charge on any atom is 0.0651 e. The summed E-state index contributed by atoms with van der Waals surface area (Å²) in [5.41, 5.74) is 8.80. The van der Waals surface area contributed by atoms with E-state index in [1.54, 1.807) is 0 Å². The van der Waals surface area contributed by atoms with Gasteiger partial charge in [-0.1, -0.05) is 45.2 Å². The second-order valence-electron chi connectivity index (χ2n) is 4.56. The predicted molar refractivity (Wildman–Crippen MR) is 90.8 cm³/mol. The number of hydrogen-bond acceptors (Lipinski definition) is 2. The van der Waals surface area contributed by atoms with Crippen LogP contribution in [0.5, 0.6) is 0 Å². The zero-order valence-electron chi connectivity index (χ0n) is 11.0. The van der Waals surface area contributed by atoms with Gasteiger partial charge in [0.2, 0.25) is 0 Å². The van der Waals surface area contributed by atoms with Crippen LogP contribution in [0.25, 0.3) is 0 Å². The number of aryl methyl sites for hydroxylation is 1. The first-order chi connectivity index (χ1) is 9.51. The average Bonchev–Trinajstić information content (AvgIpc) is 2.43. The Hall–Kier alpha value is -0.740. The van der Waals surface area contributed by atoms with E-state index in [-0.39, 0.29) is 6.04 Å². The summed E-state index contributed by atoms with van der Waals surface area (Å²) in [4.78, 5) is 0. The smallest absolute Gasteiger partial charge is 0.0651 e. The molecule has 20 heavy (non-hydrogen) atoms. The van der Waals surface area contributed by atoms with Crippen molar-refractivity contribution in [3.63, 3.8) is 0 Å². The first-order valence-electron chi connectivity index (χ1n) is 6.19. The number of nitrogens with two attached hydrogens (primary N) is 1. The van der Waals surface area contributed by atoms with Gasteiger partial charge in [-0.15, -0.1) is 0 Å². The van der Waals surface area contributed by atoms with E-state index in [1.807, 2.05) is 43.3 Å². The minimum atomic E-state index is -0.0706. The van der Waals surface area contributed by atoms with Gasteiger partial charge in [-0.3, -0.25) is 0 Å². The molecule has 0 saturated heterocycles. The first-order valence-corrected chi connectivity index (χ1v) is 7.74. The molecule has 0 spiro atoms. The van der Waals surface area contributed by atoms with Gasteiger partial charge in [-0.05, 0) is 48.4 Å². The summed E-state index contributed by atoms with van der Waals surface area (Å²) in [5, 5.41) is 4.78. The monoisotopic (exact) mass is 372 g/mol. The summed E-state index contributed by atoms with van der Waals surface area (Å²) in [7, 11) is 0. The Morgan fingerprint density at radius 1 is 1.15 bits per heavy atom. The van der Waals surface area contributed by atoms with Gasteiger partial charge in [0.1, 0.15) is 0 Å². The van der Waals surface area contributed by atoms with Crippen molar-refractivity contribution in [2.75, 3.05) is 11.9 Å². The van der Waals surface area contributed by atoms with Gasteiger partial charge in [0.25, 0.3) is 0 Å². The topological polar surface area (TPSA) is 38.0 Å². The Kier molecular flexibility index (Phi) is 5.33. The molecule has 2 rings (SSSR count). The fourth-order valence-electron chi connectivity index (χ4n) is 1.93. The lowest BCUT2D eigenvalue weighted by molar-refractivity contribution is 0.789. The molecule has 0 saturated carbocycles. The Morgan fingerprint density at radius 3 is 2.55 bits per heavy atom. The van der Waals surface area contributed by atoms with Crippen molar-refractivity contribution in [3.05, 3.63) is 62.0 Å². The molecule has 2 nitrogen and oxygen atoms in total. The third-order valence-electron chi connectivity index (χ3n) is 3.08. The third-order valence-corrected chi connectivity index (χ3v) is 4.33. The molecule has 0 bridgehead atoms. The maximum absolute atomic E-state index is 6.25. The molecule has 0 aliphatic heterocycles. The van der Waals surface area contributed by atoms with Crippen molar-refractivity contribution in [2.24, 2.45) is 5.73 Å². The van der Waals surface area contributed by atoms with E-state index in [4.69, 9.17) is 28.9 Å². The van der Waals surface area contributed by atoms with E-state index in [0.29, 0.717) is 11.6 Å². The Bertz CT molecular complexity index is 617. The Morgan fingerprint density at radius 2 is 1.90 bits per heavy atom. The highest BCUT2D eigenvalue weighted by Gasteiger charge is 2.14. The summed E-state index contributed by atoms with van der Waals surface area (Å²) in [6, 6.07) is 11.5. The number of halogens is 3. The van der Waals surface area contributed by atoms with Gasteiger partial charge in [0.05, 0.1) is 6.04 Å². The number of nitrogens with one attached hydrogen (secondary N) is 1. The SMILES string of the molecule is Cc1ccc(NC(CN)c2cc(Br)ccc2Cl)cc1Cl. The van der Waals surface area contributed by atoms with Gasteiger partial charge in [-0.2, -0.15) is 0 Å². The standard InChI is InChI=1S/C15H15BrCl2N2/c1-9-2-4-11(7-14(9)18)20-15(8-19)12-6-10(16)3-5-13(12)17/h2-7,15,20H,8,19H2,1H3. The van der Waals surface area contributed by atoms with Crippen molar-refractivity contribution in [2.45, 2.75) is 13.0 Å². The van der Waals surface area contributed by atoms with Crippen LogP contribution in [-0.4, -0.2) is 6.54 Å². The maximum atomic E-state index is 6.25. The minimum Gasteiger partial charge on any atom is -0.377 e. The van der Waals surface area contributed by atoms with E-state index in [2.05, 4.69) is 21.2 Å². The van der Waals surface area contributed by atoms with Crippen LogP contribution >= 0.6 is 39.1 Å². The van der Waals surface area contributed by atoms with Gasteiger partial charge in [0.15, 0.2) is 0 Å². The van der Waals surface area contributed by atoms with Crippen molar-refractivity contribution < 1.29 is 0 Å². The molecule has 3 N–H and O–H groups in total. The zero-order chi connectivity index (χ0) is 14.7. The van der Waals surface area contributed by atoms with Gasteiger partial charge < -0.3 is 11.1 Å². The predicted octanol–water partition coefficient (Wildman–Crippen LogP) is 5.18. The summed E-state index contributed by atoms with van der Waals surface area (Å²) in [5.74, 6) is 0. The quantitative estimate of drug-likeness (QED) is 0.775. The summed E-state index contributed by atoms with van der Waals surface area (Å²) < 4.78 is 0.971. The van der Waals surface area contributed by atoms with E-state index in [9.17, 15) is 0 Å². The molecule has 0 aliphatic rings. The lowest BCUT2D eigenvalue weighted by Crippen LogP contribution is -2.21. The highest BCUT2D eigenvalue weighted by Crippen LogP contribution is 2.29. The van der Waals surface area contributed by atoms with Crippen LogP contribution in [0, 0.1) is 6.92 Å². The van der Waals surface area contributed by atoms with Gasteiger partial charge >= 0.3 is 0 Å². The van der Waals surface area contributed by atoms with Crippen LogP contribution < -0.4 is 11.1 Å². The Balaban J connectivity index is 2.28. The van der Waals surface area contributed by atoms with Crippen LogP contribution in [0.2, 0.25) is 10.0 Å². The van der Waals surface area contributed by atoms with E-state index >= 15 is 0 Å². The van der Waals surface area contributed by atoms with Crippen molar-refractivity contribution in [1.29, 1.82) is 0 Å². The largest absolute Gasteiger partial charge is 0.377 e. The van der Waals surface area contributed by atoms with Crippen molar-refractivity contribution in [3.8, 4) is 0 Å². The highest BCUT2D eigenvalue weighted by molar-refractivity contribution is 9.10. The number of anilines is 1. The molecule has 0 amide bonds. The minimum absolute atomic E-state index is 0.0706. The lowest BCUT2D eigenvalue weighted by atomic mass is 10.1. The van der Waals surface area contributed by atoms with Gasteiger partial charge in [-0.25, -0.2) is 0 Å². The molecular weight excluding hydrogens is 359 g/mol. The van der Waals surface area contributed by atoms with E-state index < -0.39 is 0 Å². The summed E-state index contributed by atoms with van der Waals surface area (Å²) >= 11 is 15.8. The normalized spacial score (nSPS) is 12.2. The van der Waals surface area contributed by atoms with Gasteiger partial charge in [0, 0.05) is 26.8 Å². The van der Waals surface area contributed by atoms with Crippen LogP contribution in [0.15, 0.2) is 40.9 Å². The molecule has 106 valence electrons. The molecule has 2 aromatic rings. The summed E-state index contributed by atoms with van der Waals surface area (Å²) in [6.07, 6.45) is 0. The molecule has 0 aliphatic carbocycles. The van der Waals surface area contributed by atoms with E-state index in [0.717, 1.165) is 26.3 Å². The van der Waals surface area contributed by atoms with Crippen LogP contribution in [-0.2, 0) is 0 Å². The molecule has 0 radical (unpaired) electrons. The van der Waals surface area contributed by atoms with Crippen LogP contribution in [0.1, 0.15) is 17.2 Å². The van der Waals surface area contributed by atoms with Crippen molar-refractivity contribution >= 4 is 44.8 Å². The average molecular weight is 374 g/mol. The first kappa shape index (κ1) is 15.6. The summed E-state index contributed by atoms with van der Waals surface area (Å²) in [6.45, 7) is 2.40.